The molecule has 0 aliphatic carbocycles. The van der Waals surface area contributed by atoms with E-state index in [1.807, 2.05) is 48.5 Å². The summed E-state index contributed by atoms with van der Waals surface area (Å²) in [5.41, 5.74) is 3.64. The first-order valence-electron chi connectivity index (χ1n) is 9.86. The molecule has 31 heavy (non-hydrogen) atoms. The van der Waals surface area contributed by atoms with Crippen LogP contribution in [-0.4, -0.2) is 30.2 Å². The zero-order chi connectivity index (χ0) is 21.5. The third-order valence-electron chi connectivity index (χ3n) is 5.50. The van der Waals surface area contributed by atoms with Gasteiger partial charge in [0.2, 0.25) is 6.17 Å². The Morgan fingerprint density at radius 2 is 1.84 bits per heavy atom. The van der Waals surface area contributed by atoms with Gasteiger partial charge in [0, 0.05) is 23.7 Å². The summed E-state index contributed by atoms with van der Waals surface area (Å²) >= 11 is 0. The Kier molecular flexibility index (Phi) is 4.58. The van der Waals surface area contributed by atoms with Gasteiger partial charge in [0.1, 0.15) is 11.6 Å². The predicted octanol–water partition coefficient (Wildman–Crippen LogP) is 3.46. The number of halogens is 2. The van der Waals surface area contributed by atoms with Crippen molar-refractivity contribution in [3.05, 3.63) is 101 Å². The summed E-state index contributed by atoms with van der Waals surface area (Å²) in [4.78, 5) is 32.2. The number of carbonyl (C=O) groups excluding carboxylic acids is 2. The van der Waals surface area contributed by atoms with Crippen molar-refractivity contribution in [3.63, 3.8) is 0 Å². The molecule has 0 fully saturated rings. The van der Waals surface area contributed by atoms with Crippen molar-refractivity contribution in [1.82, 2.24) is 5.32 Å². The lowest BCUT2D eigenvalue weighted by Gasteiger charge is -2.21. The minimum atomic E-state index is -1.24. The highest BCUT2D eigenvalue weighted by Crippen LogP contribution is 2.36. The second-order valence-electron chi connectivity index (χ2n) is 7.40. The van der Waals surface area contributed by atoms with Crippen LogP contribution in [0.25, 0.3) is 0 Å². The van der Waals surface area contributed by atoms with Gasteiger partial charge in [-0.05, 0) is 24.1 Å². The average molecular weight is 417 g/mol. The Bertz CT molecular complexity index is 1240. The third kappa shape index (κ3) is 3.28. The number of benzene rings is 3. The molecular weight excluding hydrogens is 400 g/mol. The number of carbonyl (C=O) groups is 2. The van der Waals surface area contributed by atoms with Crippen LogP contribution < -0.4 is 10.2 Å². The molecule has 7 heteroatoms. The molecule has 0 aromatic heterocycles. The molecule has 0 radical (unpaired) electrons. The maximum absolute atomic E-state index is 14.1. The Hall–Kier alpha value is -3.87. The molecule has 2 heterocycles. The van der Waals surface area contributed by atoms with Gasteiger partial charge in [-0.25, -0.2) is 13.8 Å². The highest BCUT2D eigenvalue weighted by atomic mass is 19.1. The van der Waals surface area contributed by atoms with Crippen LogP contribution in [0.3, 0.4) is 0 Å². The van der Waals surface area contributed by atoms with Crippen LogP contribution in [0, 0.1) is 11.6 Å². The van der Waals surface area contributed by atoms with E-state index >= 15 is 0 Å². The van der Waals surface area contributed by atoms with Crippen LogP contribution in [0.5, 0.6) is 0 Å². The van der Waals surface area contributed by atoms with E-state index < -0.39 is 29.6 Å². The zero-order valence-electron chi connectivity index (χ0n) is 16.3. The maximum Gasteiger partial charge on any atom is 0.272 e. The minimum Gasteiger partial charge on any atom is -0.322 e. The molecule has 0 unspecified atom stereocenters. The van der Waals surface area contributed by atoms with Crippen molar-refractivity contribution in [2.24, 2.45) is 4.99 Å². The fourth-order valence-corrected chi connectivity index (χ4v) is 4.06. The van der Waals surface area contributed by atoms with E-state index in [1.165, 1.54) is 0 Å². The Balaban J connectivity index is 1.60. The van der Waals surface area contributed by atoms with Gasteiger partial charge in [0.25, 0.3) is 11.8 Å². The fourth-order valence-electron chi connectivity index (χ4n) is 4.06. The molecule has 0 bridgehead atoms. The predicted molar refractivity (Wildman–Crippen MR) is 112 cm³/mol. The van der Waals surface area contributed by atoms with E-state index in [1.54, 1.807) is 4.90 Å². The zero-order valence-corrected chi connectivity index (χ0v) is 16.3. The summed E-state index contributed by atoms with van der Waals surface area (Å²) < 4.78 is 27.3. The van der Waals surface area contributed by atoms with Gasteiger partial charge in [0.15, 0.2) is 0 Å². The molecule has 5 rings (SSSR count). The Morgan fingerprint density at radius 1 is 1.03 bits per heavy atom. The molecule has 3 aromatic carbocycles. The summed E-state index contributed by atoms with van der Waals surface area (Å²) in [7, 11) is 0. The standard InChI is InChI=1S/C24H17F2N3O2/c25-16-9-10-17(19(26)13-16)23(30)28-22-24(31)29-12-11-15-7-4-8-18(21(15)29)20(27-22)14-5-2-1-3-6-14/h1-10,13,22H,11-12H2,(H,28,30)/t22-/m0/s1. The molecule has 1 N–H and O–H groups in total. The van der Waals surface area contributed by atoms with Crippen molar-refractivity contribution in [2.45, 2.75) is 12.6 Å². The van der Waals surface area contributed by atoms with Gasteiger partial charge in [-0.1, -0.05) is 48.5 Å². The van der Waals surface area contributed by atoms with E-state index in [0.717, 1.165) is 34.5 Å². The summed E-state index contributed by atoms with van der Waals surface area (Å²) in [6, 6.07) is 17.8. The van der Waals surface area contributed by atoms with Crippen LogP contribution in [0.1, 0.15) is 27.0 Å². The molecule has 154 valence electrons. The van der Waals surface area contributed by atoms with Crippen LogP contribution in [0.2, 0.25) is 0 Å². The number of aliphatic imine (C=N–C) groups is 1. The lowest BCUT2D eigenvalue weighted by Crippen LogP contribution is -2.47. The molecule has 0 saturated heterocycles. The molecule has 5 nitrogen and oxygen atoms in total. The highest BCUT2D eigenvalue weighted by Gasteiger charge is 2.37. The molecule has 0 saturated carbocycles. The normalized spacial score (nSPS) is 17.1. The van der Waals surface area contributed by atoms with Crippen molar-refractivity contribution in [1.29, 1.82) is 0 Å². The number of rotatable bonds is 3. The molecule has 1 atom stereocenters. The number of hydrogen-bond acceptors (Lipinski definition) is 3. The van der Waals surface area contributed by atoms with Crippen LogP contribution >= 0.6 is 0 Å². The molecule has 3 aromatic rings. The molecule has 2 amide bonds. The number of para-hydroxylation sites is 1. The topological polar surface area (TPSA) is 61.8 Å². The van der Waals surface area contributed by atoms with E-state index in [-0.39, 0.29) is 5.56 Å². The molecule has 2 aliphatic heterocycles. The van der Waals surface area contributed by atoms with Gasteiger partial charge >= 0.3 is 0 Å². The average Bonchev–Trinajstić information content (AvgIpc) is 3.16. The van der Waals surface area contributed by atoms with Gasteiger partial charge < -0.3 is 10.2 Å². The number of amides is 2. The van der Waals surface area contributed by atoms with E-state index in [9.17, 15) is 18.4 Å². The second-order valence-corrected chi connectivity index (χ2v) is 7.40. The van der Waals surface area contributed by atoms with Crippen molar-refractivity contribution < 1.29 is 18.4 Å². The summed E-state index contributed by atoms with van der Waals surface area (Å²) in [6.07, 6.45) is -0.546. The van der Waals surface area contributed by atoms with E-state index in [4.69, 9.17) is 0 Å². The summed E-state index contributed by atoms with van der Waals surface area (Å²) in [5, 5.41) is 2.53. The van der Waals surface area contributed by atoms with E-state index in [0.29, 0.717) is 24.7 Å². The lowest BCUT2D eigenvalue weighted by atomic mass is 9.98. The first-order chi connectivity index (χ1) is 15.0. The SMILES string of the molecule is O=C(N[C@@H]1N=C(c2ccccc2)c2cccc3c2N(CC3)C1=O)c1ccc(F)cc1F. The minimum absolute atomic E-state index is 0.352. The number of nitrogens with zero attached hydrogens (tertiary/aromatic N) is 2. The van der Waals surface area contributed by atoms with Crippen molar-refractivity contribution in [2.75, 3.05) is 11.4 Å². The van der Waals surface area contributed by atoms with Crippen LogP contribution in [-0.2, 0) is 11.2 Å². The molecular formula is C24H17F2N3O2. The molecule has 2 aliphatic rings. The molecule has 0 spiro atoms. The van der Waals surface area contributed by atoms with Crippen molar-refractivity contribution in [3.8, 4) is 0 Å². The number of hydrogen-bond donors (Lipinski definition) is 1. The van der Waals surface area contributed by atoms with Gasteiger partial charge in [-0.15, -0.1) is 0 Å². The van der Waals surface area contributed by atoms with Crippen LogP contribution in [0.15, 0.2) is 71.7 Å². The smallest absolute Gasteiger partial charge is 0.272 e. The summed E-state index contributed by atoms with van der Waals surface area (Å²) in [6.45, 7) is 0.472. The highest BCUT2D eigenvalue weighted by molar-refractivity contribution is 6.21. The first kappa shape index (κ1) is 19.1. The summed E-state index contributed by atoms with van der Waals surface area (Å²) in [5.74, 6) is -3.02. The second kappa shape index (κ2) is 7.43. The maximum atomic E-state index is 14.1. The Labute approximate surface area is 177 Å². The van der Waals surface area contributed by atoms with Gasteiger partial charge in [-0.3, -0.25) is 9.59 Å². The van der Waals surface area contributed by atoms with E-state index in [2.05, 4.69) is 10.3 Å². The lowest BCUT2D eigenvalue weighted by molar-refractivity contribution is -0.120. The quantitative estimate of drug-likeness (QED) is 0.710. The monoisotopic (exact) mass is 417 g/mol. The first-order valence-corrected chi connectivity index (χ1v) is 9.86. The third-order valence-corrected chi connectivity index (χ3v) is 5.50. The van der Waals surface area contributed by atoms with Gasteiger partial charge in [-0.2, -0.15) is 0 Å². The largest absolute Gasteiger partial charge is 0.322 e. The van der Waals surface area contributed by atoms with Crippen LogP contribution in [0.4, 0.5) is 14.5 Å². The fraction of sp³-hybridized carbons (Fsp3) is 0.125. The van der Waals surface area contributed by atoms with Gasteiger partial charge in [0.05, 0.1) is 17.0 Å². The number of anilines is 1. The Morgan fingerprint density at radius 3 is 2.61 bits per heavy atom. The van der Waals surface area contributed by atoms with Crippen molar-refractivity contribution >= 4 is 23.2 Å². The number of nitrogens with one attached hydrogen (secondary N) is 1.